The molecule has 2 aromatic rings. The zero-order chi connectivity index (χ0) is 14.5. The van der Waals surface area contributed by atoms with Crippen LogP contribution in [0.5, 0.6) is 0 Å². The lowest BCUT2D eigenvalue weighted by Gasteiger charge is -2.15. The Bertz CT molecular complexity index is 566. The predicted molar refractivity (Wildman–Crippen MR) is 92.9 cm³/mol. The summed E-state index contributed by atoms with van der Waals surface area (Å²) in [5, 5.41) is 0.929. The first-order valence-corrected chi connectivity index (χ1v) is 9.03. The highest BCUT2D eigenvalue weighted by atomic mass is 79.9. The average molecular weight is 465 g/mol. The quantitative estimate of drug-likeness (QED) is 0.466. The Hall–Kier alpha value is -0.190. The summed E-state index contributed by atoms with van der Waals surface area (Å²) in [6.45, 7) is 0. The van der Waals surface area contributed by atoms with E-state index in [1.807, 2.05) is 12.1 Å². The van der Waals surface area contributed by atoms with Gasteiger partial charge in [0.15, 0.2) is 0 Å². The molecule has 0 heterocycles. The van der Waals surface area contributed by atoms with Crippen LogP contribution in [0, 0.1) is 11.7 Å². The van der Waals surface area contributed by atoms with Crippen molar-refractivity contribution in [3.05, 3.63) is 68.4 Å². The second-order valence-corrected chi connectivity index (χ2v) is 7.22. The molecule has 4 heteroatoms. The van der Waals surface area contributed by atoms with E-state index < -0.39 is 0 Å². The molecule has 1 unspecified atom stereocenters. The van der Waals surface area contributed by atoms with E-state index in [-0.39, 0.29) is 5.82 Å². The minimum Gasteiger partial charge on any atom is -0.206 e. The van der Waals surface area contributed by atoms with E-state index in [2.05, 4.69) is 72.1 Å². The van der Waals surface area contributed by atoms with Crippen molar-refractivity contribution >= 4 is 47.8 Å². The largest absolute Gasteiger partial charge is 0.206 e. The maximum atomic E-state index is 13.2. The average Bonchev–Trinajstić information content (AvgIpc) is 2.44. The number of benzene rings is 2. The molecule has 0 saturated carbocycles. The Kier molecular flexibility index (Phi) is 6.24. The highest BCUT2D eigenvalue weighted by Gasteiger charge is 2.11. The molecule has 20 heavy (non-hydrogen) atoms. The van der Waals surface area contributed by atoms with Crippen molar-refractivity contribution in [2.75, 3.05) is 5.33 Å². The maximum absolute atomic E-state index is 13.2. The molecule has 0 aliphatic carbocycles. The van der Waals surface area contributed by atoms with Gasteiger partial charge in [0.2, 0.25) is 0 Å². The van der Waals surface area contributed by atoms with E-state index in [0.29, 0.717) is 10.4 Å². The second-order valence-electron chi connectivity index (χ2n) is 4.80. The number of alkyl halides is 1. The van der Waals surface area contributed by atoms with Gasteiger partial charge in [0, 0.05) is 9.80 Å². The van der Waals surface area contributed by atoms with Crippen LogP contribution in [0.3, 0.4) is 0 Å². The lowest BCUT2D eigenvalue weighted by molar-refractivity contribution is 0.586. The minimum absolute atomic E-state index is 0.211. The molecule has 0 bridgehead atoms. The van der Waals surface area contributed by atoms with Crippen LogP contribution >= 0.6 is 47.8 Å². The summed E-state index contributed by atoms with van der Waals surface area (Å²) >= 11 is 10.3. The molecule has 0 saturated heterocycles. The van der Waals surface area contributed by atoms with Crippen LogP contribution in [-0.2, 0) is 12.8 Å². The van der Waals surface area contributed by atoms with Gasteiger partial charge in [-0.3, -0.25) is 0 Å². The molecule has 2 aromatic carbocycles. The molecule has 2 rings (SSSR count). The third-order valence-electron chi connectivity index (χ3n) is 3.16. The van der Waals surface area contributed by atoms with Gasteiger partial charge < -0.3 is 0 Å². The highest BCUT2D eigenvalue weighted by Crippen LogP contribution is 2.22. The van der Waals surface area contributed by atoms with E-state index in [1.165, 1.54) is 11.6 Å². The van der Waals surface area contributed by atoms with Crippen molar-refractivity contribution in [3.8, 4) is 0 Å². The molecule has 0 radical (unpaired) electrons. The fourth-order valence-electron chi connectivity index (χ4n) is 2.14. The maximum Gasteiger partial charge on any atom is 0.137 e. The number of hydrogen-bond donors (Lipinski definition) is 0. The Morgan fingerprint density at radius 2 is 1.50 bits per heavy atom. The Morgan fingerprint density at radius 1 is 0.900 bits per heavy atom. The normalized spacial score (nSPS) is 12.4. The summed E-state index contributed by atoms with van der Waals surface area (Å²) in [6.07, 6.45) is 1.94. The molecule has 0 fully saturated rings. The van der Waals surface area contributed by atoms with Gasteiger partial charge in [0.1, 0.15) is 5.82 Å². The van der Waals surface area contributed by atoms with Crippen molar-refractivity contribution in [1.29, 1.82) is 0 Å². The molecule has 0 amide bonds. The van der Waals surface area contributed by atoms with E-state index in [9.17, 15) is 4.39 Å². The van der Waals surface area contributed by atoms with Crippen LogP contribution in [0.25, 0.3) is 0 Å². The second kappa shape index (κ2) is 7.71. The van der Waals surface area contributed by atoms with Crippen molar-refractivity contribution < 1.29 is 4.39 Å². The SMILES string of the molecule is Fc1ccc(CC(CBr)Cc2ccc(Br)cc2)cc1Br. The first-order valence-electron chi connectivity index (χ1n) is 6.33. The Morgan fingerprint density at radius 3 is 2.10 bits per heavy atom. The molecule has 106 valence electrons. The van der Waals surface area contributed by atoms with Crippen molar-refractivity contribution in [1.82, 2.24) is 0 Å². The smallest absolute Gasteiger partial charge is 0.137 e. The Balaban J connectivity index is 2.04. The fourth-order valence-corrected chi connectivity index (χ4v) is 3.28. The van der Waals surface area contributed by atoms with Gasteiger partial charge in [-0.25, -0.2) is 4.39 Å². The molecule has 0 aliphatic heterocycles. The van der Waals surface area contributed by atoms with Crippen molar-refractivity contribution in [2.45, 2.75) is 12.8 Å². The van der Waals surface area contributed by atoms with Crippen LogP contribution in [-0.4, -0.2) is 5.33 Å². The summed E-state index contributed by atoms with van der Waals surface area (Å²) in [4.78, 5) is 0. The summed E-state index contributed by atoms with van der Waals surface area (Å²) in [7, 11) is 0. The standard InChI is InChI=1S/C16H14Br3F/c17-10-13(7-11-1-4-14(18)5-2-11)8-12-3-6-16(20)15(19)9-12/h1-6,9,13H,7-8,10H2. The van der Waals surface area contributed by atoms with Gasteiger partial charge >= 0.3 is 0 Å². The van der Waals surface area contributed by atoms with Crippen LogP contribution in [0.2, 0.25) is 0 Å². The van der Waals surface area contributed by atoms with Gasteiger partial charge in [-0.2, -0.15) is 0 Å². The van der Waals surface area contributed by atoms with Crippen LogP contribution < -0.4 is 0 Å². The minimum atomic E-state index is -0.211. The van der Waals surface area contributed by atoms with Crippen LogP contribution in [0.1, 0.15) is 11.1 Å². The topological polar surface area (TPSA) is 0 Å². The molecule has 0 nitrogen and oxygen atoms in total. The zero-order valence-corrected chi connectivity index (χ0v) is 15.5. The summed E-state index contributed by atoms with van der Waals surface area (Å²) in [5.74, 6) is 0.283. The molecule has 0 aromatic heterocycles. The highest BCUT2D eigenvalue weighted by molar-refractivity contribution is 9.10. The van der Waals surface area contributed by atoms with Crippen LogP contribution in [0.15, 0.2) is 51.4 Å². The van der Waals surface area contributed by atoms with E-state index >= 15 is 0 Å². The summed E-state index contributed by atoms with van der Waals surface area (Å²) in [6, 6.07) is 13.7. The lowest BCUT2D eigenvalue weighted by atomic mass is 9.94. The van der Waals surface area contributed by atoms with E-state index in [0.717, 1.165) is 28.2 Å². The molecule has 0 spiro atoms. The van der Waals surface area contributed by atoms with Gasteiger partial charge in [0.25, 0.3) is 0 Å². The van der Waals surface area contributed by atoms with Crippen LogP contribution in [0.4, 0.5) is 4.39 Å². The number of halogens is 4. The third-order valence-corrected chi connectivity index (χ3v) is 5.22. The van der Waals surface area contributed by atoms with Crippen molar-refractivity contribution in [2.24, 2.45) is 5.92 Å². The first kappa shape index (κ1) is 16.2. The van der Waals surface area contributed by atoms with Gasteiger partial charge in [0.05, 0.1) is 4.47 Å². The summed E-state index contributed by atoms with van der Waals surface area (Å²) in [5.41, 5.74) is 2.47. The molecule has 1 atom stereocenters. The van der Waals surface area contributed by atoms with Gasteiger partial charge in [-0.1, -0.05) is 50.1 Å². The first-order chi connectivity index (χ1) is 9.58. The number of hydrogen-bond acceptors (Lipinski definition) is 0. The monoisotopic (exact) mass is 462 g/mol. The molecule has 0 aliphatic rings. The predicted octanol–water partition coefficient (Wildman–Crippen LogP) is 6.15. The Labute approximate surface area is 144 Å². The summed E-state index contributed by atoms with van der Waals surface area (Å²) < 4.78 is 14.9. The fraction of sp³-hybridized carbons (Fsp3) is 0.250. The zero-order valence-electron chi connectivity index (χ0n) is 10.8. The van der Waals surface area contributed by atoms with Crippen molar-refractivity contribution in [3.63, 3.8) is 0 Å². The molecular weight excluding hydrogens is 451 g/mol. The van der Waals surface area contributed by atoms with Gasteiger partial charge in [-0.05, 0) is 70.1 Å². The molecular formula is C16H14Br3F. The third kappa shape index (κ3) is 4.68. The van der Waals surface area contributed by atoms with E-state index in [1.54, 1.807) is 0 Å². The molecule has 0 N–H and O–H groups in total. The van der Waals surface area contributed by atoms with Gasteiger partial charge in [-0.15, -0.1) is 0 Å². The van der Waals surface area contributed by atoms with E-state index in [4.69, 9.17) is 0 Å². The lowest BCUT2D eigenvalue weighted by Crippen LogP contribution is -2.10. The number of rotatable bonds is 5.